The van der Waals surface area contributed by atoms with E-state index in [0.29, 0.717) is 23.9 Å². The number of morpholine rings is 1. The van der Waals surface area contributed by atoms with Crippen LogP contribution >= 0.6 is 11.6 Å². The highest BCUT2D eigenvalue weighted by molar-refractivity contribution is 6.30. The molecular weight excluding hydrogens is 359 g/mol. The first-order chi connectivity index (χ1) is 12.7. The number of hydrogen-bond acceptors (Lipinski definition) is 7. The summed E-state index contributed by atoms with van der Waals surface area (Å²) < 4.78 is 19.5. The summed E-state index contributed by atoms with van der Waals surface area (Å²) in [5.74, 6) is 1.78. The van der Waals surface area contributed by atoms with Crippen LogP contribution in [0.4, 0.5) is 21.8 Å². The molecule has 4 heterocycles. The second kappa shape index (κ2) is 7.59. The molecule has 2 aromatic rings. The van der Waals surface area contributed by atoms with Crippen LogP contribution in [0.2, 0.25) is 5.02 Å². The molecule has 0 spiro atoms. The molecule has 0 aliphatic carbocycles. The molecule has 2 aromatic heterocycles. The number of hydrogen-bond donors (Lipinski definition) is 0. The summed E-state index contributed by atoms with van der Waals surface area (Å²) in [5.41, 5.74) is 0. The van der Waals surface area contributed by atoms with Crippen molar-refractivity contribution in [1.29, 1.82) is 0 Å². The number of pyridine rings is 1. The van der Waals surface area contributed by atoms with E-state index in [1.54, 1.807) is 6.33 Å². The van der Waals surface area contributed by atoms with Gasteiger partial charge in [0.15, 0.2) is 11.6 Å². The van der Waals surface area contributed by atoms with Gasteiger partial charge in [-0.3, -0.25) is 0 Å². The van der Waals surface area contributed by atoms with Crippen LogP contribution < -0.4 is 14.7 Å². The van der Waals surface area contributed by atoms with Crippen LogP contribution in [0.1, 0.15) is 0 Å². The summed E-state index contributed by atoms with van der Waals surface area (Å²) >= 11 is 5.78. The average Bonchev–Trinajstić information content (AvgIpc) is 2.69. The number of halogens is 2. The first-order valence-corrected chi connectivity index (χ1v) is 9.04. The maximum atomic E-state index is 14.1. The predicted molar refractivity (Wildman–Crippen MR) is 98.7 cm³/mol. The Balaban J connectivity index is 1.43. The topological polar surface area (TPSA) is 57.6 Å². The SMILES string of the molecule is Fc1cc(Cl)cnc1N1CCN(c2cc(N3CCOCC3)ncn2)CC1. The van der Waals surface area contributed by atoms with E-state index < -0.39 is 0 Å². The molecule has 9 heteroatoms. The van der Waals surface area contributed by atoms with E-state index in [1.165, 1.54) is 12.3 Å². The van der Waals surface area contributed by atoms with Crippen LogP contribution in [0.15, 0.2) is 24.7 Å². The van der Waals surface area contributed by atoms with Crippen molar-refractivity contribution < 1.29 is 9.13 Å². The van der Waals surface area contributed by atoms with Gasteiger partial charge < -0.3 is 19.4 Å². The molecule has 2 aliphatic heterocycles. The van der Waals surface area contributed by atoms with Crippen molar-refractivity contribution in [3.05, 3.63) is 35.5 Å². The lowest BCUT2D eigenvalue weighted by Crippen LogP contribution is -2.47. The van der Waals surface area contributed by atoms with Gasteiger partial charge in [0, 0.05) is 51.5 Å². The molecule has 0 radical (unpaired) electrons. The Morgan fingerprint density at radius 3 is 2.12 bits per heavy atom. The van der Waals surface area contributed by atoms with Crippen molar-refractivity contribution in [2.75, 3.05) is 67.2 Å². The van der Waals surface area contributed by atoms with Crippen LogP contribution in [0.5, 0.6) is 0 Å². The van der Waals surface area contributed by atoms with E-state index in [1.807, 2.05) is 11.0 Å². The smallest absolute Gasteiger partial charge is 0.167 e. The largest absolute Gasteiger partial charge is 0.378 e. The third-order valence-electron chi connectivity index (χ3n) is 4.66. The average molecular weight is 379 g/mol. The maximum absolute atomic E-state index is 14.1. The Morgan fingerprint density at radius 2 is 1.46 bits per heavy atom. The molecule has 2 saturated heterocycles. The van der Waals surface area contributed by atoms with Crippen molar-refractivity contribution in [2.45, 2.75) is 0 Å². The lowest BCUT2D eigenvalue weighted by Gasteiger charge is -2.36. The standard InChI is InChI=1S/C17H20ClFN6O/c18-13-9-14(19)17(20-11-13)25-3-1-23(2-4-25)15-10-16(22-12-21-15)24-5-7-26-8-6-24/h9-12H,1-8H2. The molecule has 26 heavy (non-hydrogen) atoms. The van der Waals surface area contributed by atoms with E-state index >= 15 is 0 Å². The predicted octanol–water partition coefficient (Wildman–Crippen LogP) is 1.83. The number of rotatable bonds is 3. The number of nitrogens with zero attached hydrogens (tertiary/aromatic N) is 6. The normalized spacial score (nSPS) is 18.3. The monoisotopic (exact) mass is 378 g/mol. The molecule has 0 unspecified atom stereocenters. The van der Waals surface area contributed by atoms with E-state index in [4.69, 9.17) is 16.3 Å². The Kier molecular flexibility index (Phi) is 5.03. The summed E-state index contributed by atoms with van der Waals surface area (Å²) in [5, 5.41) is 0.307. The number of ether oxygens (including phenoxy) is 1. The van der Waals surface area contributed by atoms with E-state index in [0.717, 1.165) is 51.0 Å². The Hall–Kier alpha value is -2.19. The highest BCUT2D eigenvalue weighted by Gasteiger charge is 2.22. The first kappa shape index (κ1) is 17.2. The van der Waals surface area contributed by atoms with Gasteiger partial charge in [0.25, 0.3) is 0 Å². The van der Waals surface area contributed by atoms with Crippen LogP contribution in [-0.4, -0.2) is 67.4 Å². The van der Waals surface area contributed by atoms with Crippen LogP contribution in [0.25, 0.3) is 0 Å². The Bertz CT molecular complexity index is 765. The van der Waals surface area contributed by atoms with Gasteiger partial charge in [0.1, 0.15) is 18.0 Å². The molecule has 0 amide bonds. The van der Waals surface area contributed by atoms with Crippen molar-refractivity contribution >= 4 is 29.1 Å². The minimum Gasteiger partial charge on any atom is -0.378 e. The highest BCUT2D eigenvalue weighted by atomic mass is 35.5. The van der Waals surface area contributed by atoms with Crippen molar-refractivity contribution in [2.24, 2.45) is 0 Å². The zero-order chi connectivity index (χ0) is 17.9. The maximum Gasteiger partial charge on any atom is 0.167 e. The molecule has 7 nitrogen and oxygen atoms in total. The third kappa shape index (κ3) is 3.66. The molecule has 4 rings (SSSR count). The van der Waals surface area contributed by atoms with Gasteiger partial charge >= 0.3 is 0 Å². The number of anilines is 3. The van der Waals surface area contributed by atoms with Gasteiger partial charge in [-0.2, -0.15) is 0 Å². The van der Waals surface area contributed by atoms with Gasteiger partial charge in [0.05, 0.1) is 18.2 Å². The Labute approximate surface area is 156 Å². The fraction of sp³-hybridized carbons (Fsp3) is 0.471. The fourth-order valence-corrected chi connectivity index (χ4v) is 3.41. The van der Waals surface area contributed by atoms with Crippen molar-refractivity contribution in [1.82, 2.24) is 15.0 Å². The quantitative estimate of drug-likeness (QED) is 0.807. The molecule has 0 saturated carbocycles. The molecule has 138 valence electrons. The van der Waals surface area contributed by atoms with E-state index in [-0.39, 0.29) is 5.82 Å². The lowest BCUT2D eigenvalue weighted by atomic mass is 10.3. The highest BCUT2D eigenvalue weighted by Crippen LogP contribution is 2.23. The molecule has 0 atom stereocenters. The van der Waals surface area contributed by atoms with Crippen LogP contribution in [-0.2, 0) is 4.74 Å². The minimum atomic E-state index is -0.386. The zero-order valence-electron chi connectivity index (χ0n) is 14.3. The summed E-state index contributed by atoms with van der Waals surface area (Å²) in [7, 11) is 0. The molecular formula is C17H20ClFN6O. The van der Waals surface area contributed by atoms with E-state index in [2.05, 4.69) is 24.8 Å². The molecule has 2 aliphatic rings. The van der Waals surface area contributed by atoms with Gasteiger partial charge in [0.2, 0.25) is 0 Å². The molecule has 0 aromatic carbocycles. The lowest BCUT2D eigenvalue weighted by molar-refractivity contribution is 0.122. The van der Waals surface area contributed by atoms with Crippen molar-refractivity contribution in [3.8, 4) is 0 Å². The summed E-state index contributed by atoms with van der Waals surface area (Å²) in [6.07, 6.45) is 3.08. The van der Waals surface area contributed by atoms with Gasteiger partial charge in [-0.25, -0.2) is 19.3 Å². The number of piperazine rings is 1. The molecule has 0 bridgehead atoms. The van der Waals surface area contributed by atoms with Crippen LogP contribution in [0, 0.1) is 5.82 Å². The number of aromatic nitrogens is 3. The third-order valence-corrected chi connectivity index (χ3v) is 4.87. The fourth-order valence-electron chi connectivity index (χ4n) is 3.26. The summed E-state index contributed by atoms with van der Waals surface area (Å²) in [6, 6.07) is 3.32. The summed E-state index contributed by atoms with van der Waals surface area (Å²) in [6.45, 7) is 5.93. The second-order valence-electron chi connectivity index (χ2n) is 6.27. The Morgan fingerprint density at radius 1 is 0.846 bits per heavy atom. The zero-order valence-corrected chi connectivity index (χ0v) is 15.1. The van der Waals surface area contributed by atoms with Gasteiger partial charge in [-0.05, 0) is 6.07 Å². The van der Waals surface area contributed by atoms with Crippen LogP contribution in [0.3, 0.4) is 0 Å². The van der Waals surface area contributed by atoms with Gasteiger partial charge in [-0.1, -0.05) is 11.6 Å². The van der Waals surface area contributed by atoms with E-state index in [9.17, 15) is 4.39 Å². The second-order valence-corrected chi connectivity index (χ2v) is 6.70. The molecule has 0 N–H and O–H groups in total. The summed E-state index contributed by atoms with van der Waals surface area (Å²) in [4.78, 5) is 19.3. The molecule has 2 fully saturated rings. The van der Waals surface area contributed by atoms with Crippen molar-refractivity contribution in [3.63, 3.8) is 0 Å². The minimum absolute atomic E-state index is 0.307. The van der Waals surface area contributed by atoms with Gasteiger partial charge in [-0.15, -0.1) is 0 Å². The first-order valence-electron chi connectivity index (χ1n) is 8.66.